The van der Waals surface area contributed by atoms with Gasteiger partial charge in [0.05, 0.1) is 23.0 Å². The Morgan fingerprint density at radius 3 is 3.00 bits per heavy atom. The molecule has 1 aliphatic heterocycles. The van der Waals surface area contributed by atoms with Crippen molar-refractivity contribution in [3.8, 4) is 0 Å². The molecule has 0 saturated carbocycles. The molecule has 0 unspecified atom stereocenters. The maximum atomic E-state index is 12.4. The molecule has 1 saturated heterocycles. The lowest BCUT2D eigenvalue weighted by Gasteiger charge is -2.31. The lowest BCUT2D eigenvalue weighted by Crippen LogP contribution is -2.40. The molecule has 1 atom stereocenters. The number of nitrogens with one attached hydrogen (secondary N) is 1. The van der Waals surface area contributed by atoms with Crippen LogP contribution in [0.2, 0.25) is 0 Å². The van der Waals surface area contributed by atoms with E-state index in [1.165, 1.54) is 6.92 Å². The van der Waals surface area contributed by atoms with Gasteiger partial charge in [-0.05, 0) is 19.3 Å². The van der Waals surface area contributed by atoms with Crippen LogP contribution in [0, 0.1) is 0 Å². The number of aromatic nitrogens is 1. The standard InChI is InChI=1S/C15H25N3O3S2/c1-3-4-8-23(20,21)18-7-5-6-13(10-18)15-17-14(11-22-15)9-16-12(2)19/h11,13H,3-10H2,1-2H3,(H,16,19)/t13-/m1/s1. The zero-order chi connectivity index (χ0) is 16.9. The van der Waals surface area contributed by atoms with Crippen molar-refractivity contribution < 1.29 is 13.2 Å². The van der Waals surface area contributed by atoms with Gasteiger partial charge in [-0.3, -0.25) is 4.79 Å². The number of hydrogen-bond donors (Lipinski definition) is 1. The number of unbranched alkanes of at least 4 members (excludes halogenated alkanes) is 1. The van der Waals surface area contributed by atoms with Crippen molar-refractivity contribution in [2.24, 2.45) is 0 Å². The highest BCUT2D eigenvalue weighted by Crippen LogP contribution is 2.30. The zero-order valence-corrected chi connectivity index (χ0v) is 15.4. The number of carbonyl (C=O) groups excluding carboxylic acids is 1. The molecule has 1 aromatic heterocycles. The van der Waals surface area contributed by atoms with Gasteiger partial charge in [-0.25, -0.2) is 17.7 Å². The molecule has 0 spiro atoms. The van der Waals surface area contributed by atoms with E-state index in [4.69, 9.17) is 0 Å². The molecule has 1 aromatic rings. The van der Waals surface area contributed by atoms with Crippen molar-refractivity contribution in [3.05, 3.63) is 16.1 Å². The molecule has 0 aromatic carbocycles. The van der Waals surface area contributed by atoms with Gasteiger partial charge in [0.15, 0.2) is 0 Å². The molecular weight excluding hydrogens is 334 g/mol. The monoisotopic (exact) mass is 359 g/mol. The molecule has 23 heavy (non-hydrogen) atoms. The lowest BCUT2D eigenvalue weighted by atomic mass is 10.0. The quantitative estimate of drug-likeness (QED) is 0.808. The first kappa shape index (κ1) is 18.4. The van der Waals surface area contributed by atoms with Crippen LogP contribution in [0.3, 0.4) is 0 Å². The Balaban J connectivity index is 1.99. The fourth-order valence-electron chi connectivity index (χ4n) is 2.66. The van der Waals surface area contributed by atoms with Gasteiger partial charge in [0.25, 0.3) is 0 Å². The molecule has 130 valence electrons. The molecule has 2 heterocycles. The number of amides is 1. The number of rotatable bonds is 7. The van der Waals surface area contributed by atoms with Crippen LogP contribution in [0.25, 0.3) is 0 Å². The van der Waals surface area contributed by atoms with Gasteiger partial charge in [-0.15, -0.1) is 11.3 Å². The van der Waals surface area contributed by atoms with Crippen molar-refractivity contribution in [1.82, 2.24) is 14.6 Å². The van der Waals surface area contributed by atoms with Crippen LogP contribution in [-0.4, -0.2) is 42.5 Å². The Labute approximate surface area is 142 Å². The molecule has 1 amide bonds. The minimum Gasteiger partial charge on any atom is -0.351 e. The molecule has 2 rings (SSSR count). The molecule has 8 heteroatoms. The first-order valence-corrected chi connectivity index (χ1v) is 10.6. The highest BCUT2D eigenvalue weighted by atomic mass is 32.2. The zero-order valence-electron chi connectivity index (χ0n) is 13.7. The minimum atomic E-state index is -3.15. The Morgan fingerprint density at radius 2 is 2.30 bits per heavy atom. The van der Waals surface area contributed by atoms with Gasteiger partial charge in [0, 0.05) is 31.3 Å². The second kappa shape index (κ2) is 8.21. The van der Waals surface area contributed by atoms with E-state index in [2.05, 4.69) is 10.3 Å². The summed E-state index contributed by atoms with van der Waals surface area (Å²) < 4.78 is 26.4. The third-order valence-corrected chi connectivity index (χ3v) is 6.95. The van der Waals surface area contributed by atoms with Crippen LogP contribution in [0.1, 0.15) is 56.2 Å². The number of nitrogens with zero attached hydrogens (tertiary/aromatic N) is 2. The minimum absolute atomic E-state index is 0.0783. The molecule has 0 aliphatic carbocycles. The number of piperidine rings is 1. The number of carbonyl (C=O) groups is 1. The summed E-state index contributed by atoms with van der Waals surface area (Å²) in [4.78, 5) is 15.5. The van der Waals surface area contributed by atoms with E-state index in [1.807, 2.05) is 12.3 Å². The van der Waals surface area contributed by atoms with Gasteiger partial charge in [0.1, 0.15) is 0 Å². The fourth-order valence-corrected chi connectivity index (χ4v) is 5.33. The predicted molar refractivity (Wildman–Crippen MR) is 91.9 cm³/mol. The van der Waals surface area contributed by atoms with Crippen LogP contribution in [0.4, 0.5) is 0 Å². The average molecular weight is 360 g/mol. The molecule has 1 fully saturated rings. The second-order valence-electron chi connectivity index (χ2n) is 5.95. The van der Waals surface area contributed by atoms with E-state index >= 15 is 0 Å². The van der Waals surface area contributed by atoms with Crippen molar-refractivity contribution in [2.45, 2.75) is 52.0 Å². The first-order chi connectivity index (χ1) is 10.9. The molecular formula is C15H25N3O3S2. The van der Waals surface area contributed by atoms with Gasteiger partial charge in [-0.1, -0.05) is 13.3 Å². The predicted octanol–water partition coefficient (Wildman–Crippen LogP) is 2.09. The largest absolute Gasteiger partial charge is 0.351 e. The van der Waals surface area contributed by atoms with E-state index in [1.54, 1.807) is 15.6 Å². The summed E-state index contributed by atoms with van der Waals surface area (Å²) in [5.74, 6) is 0.323. The summed E-state index contributed by atoms with van der Waals surface area (Å²) in [6.07, 6.45) is 3.43. The highest BCUT2D eigenvalue weighted by Gasteiger charge is 2.30. The molecule has 1 aliphatic rings. The van der Waals surface area contributed by atoms with Crippen molar-refractivity contribution in [2.75, 3.05) is 18.8 Å². The van der Waals surface area contributed by atoms with Gasteiger partial charge >= 0.3 is 0 Å². The summed E-state index contributed by atoms with van der Waals surface area (Å²) in [5.41, 5.74) is 0.839. The molecule has 0 bridgehead atoms. The first-order valence-electron chi connectivity index (χ1n) is 8.09. The lowest BCUT2D eigenvalue weighted by molar-refractivity contribution is -0.119. The van der Waals surface area contributed by atoms with E-state index in [0.717, 1.165) is 30.0 Å². The Bertz CT molecular complexity index is 628. The number of hydrogen-bond acceptors (Lipinski definition) is 5. The summed E-state index contributed by atoms with van der Waals surface area (Å²) >= 11 is 1.55. The van der Waals surface area contributed by atoms with Crippen LogP contribution in [0.5, 0.6) is 0 Å². The van der Waals surface area contributed by atoms with Crippen molar-refractivity contribution >= 4 is 27.3 Å². The SMILES string of the molecule is CCCCS(=O)(=O)N1CCC[C@@H](c2nc(CNC(C)=O)cs2)C1. The maximum Gasteiger partial charge on any atom is 0.217 e. The smallest absolute Gasteiger partial charge is 0.217 e. The molecule has 6 nitrogen and oxygen atoms in total. The topological polar surface area (TPSA) is 79.4 Å². The van der Waals surface area contributed by atoms with Gasteiger partial charge in [-0.2, -0.15) is 0 Å². The highest BCUT2D eigenvalue weighted by molar-refractivity contribution is 7.89. The fraction of sp³-hybridized carbons (Fsp3) is 0.733. The van der Waals surface area contributed by atoms with E-state index in [9.17, 15) is 13.2 Å². The van der Waals surface area contributed by atoms with Crippen LogP contribution in [0.15, 0.2) is 5.38 Å². The maximum absolute atomic E-state index is 12.4. The summed E-state index contributed by atoms with van der Waals surface area (Å²) in [6.45, 7) is 5.05. The van der Waals surface area contributed by atoms with E-state index in [-0.39, 0.29) is 17.6 Å². The Morgan fingerprint density at radius 1 is 1.52 bits per heavy atom. The van der Waals surface area contributed by atoms with E-state index < -0.39 is 10.0 Å². The van der Waals surface area contributed by atoms with Crippen LogP contribution < -0.4 is 5.32 Å². The average Bonchev–Trinajstić information content (AvgIpc) is 3.00. The van der Waals surface area contributed by atoms with E-state index in [0.29, 0.717) is 26.1 Å². The molecule has 0 radical (unpaired) electrons. The Kier molecular flexibility index (Phi) is 6.55. The number of sulfonamides is 1. The number of thiazole rings is 1. The van der Waals surface area contributed by atoms with Crippen LogP contribution >= 0.6 is 11.3 Å². The van der Waals surface area contributed by atoms with Crippen molar-refractivity contribution in [3.63, 3.8) is 0 Å². The summed E-state index contributed by atoms with van der Waals surface area (Å²) in [7, 11) is -3.15. The normalized spacial score (nSPS) is 19.7. The third kappa shape index (κ3) is 5.26. The van der Waals surface area contributed by atoms with Gasteiger partial charge < -0.3 is 5.32 Å². The van der Waals surface area contributed by atoms with Crippen molar-refractivity contribution in [1.29, 1.82) is 0 Å². The summed E-state index contributed by atoms with van der Waals surface area (Å²) in [6, 6.07) is 0. The van der Waals surface area contributed by atoms with Gasteiger partial charge in [0.2, 0.25) is 15.9 Å². The van der Waals surface area contributed by atoms with Crippen LogP contribution in [-0.2, 0) is 21.4 Å². The Hall–Kier alpha value is -0.990. The third-order valence-electron chi connectivity index (χ3n) is 3.97. The second-order valence-corrected chi connectivity index (χ2v) is 8.93. The summed E-state index contributed by atoms with van der Waals surface area (Å²) in [5, 5.41) is 5.65. The molecule has 1 N–H and O–H groups in total.